The number of nitrogens with zero attached hydrogens (tertiary/aromatic N) is 2. The zero-order valence-electron chi connectivity index (χ0n) is 12.8. The number of carbonyl (C=O) groups excluding carboxylic acids is 2. The number of hydrazine groups is 1. The van der Waals surface area contributed by atoms with Crippen LogP contribution >= 0.6 is 11.3 Å². The van der Waals surface area contributed by atoms with E-state index in [-0.39, 0.29) is 5.56 Å². The Hall–Kier alpha value is -3.00. The lowest BCUT2D eigenvalue weighted by Gasteiger charge is -2.07. The van der Waals surface area contributed by atoms with Crippen molar-refractivity contribution in [2.45, 2.75) is 13.3 Å². The number of aromatic nitrogens is 2. The molecule has 0 saturated heterocycles. The quantitative estimate of drug-likeness (QED) is 0.704. The number of fused-ring (bicyclic) bond motifs is 1. The third-order valence-electron chi connectivity index (χ3n) is 3.50. The molecule has 3 aromatic rings. The van der Waals surface area contributed by atoms with Crippen LogP contribution in [0.3, 0.4) is 0 Å². The van der Waals surface area contributed by atoms with Crippen molar-refractivity contribution in [1.82, 2.24) is 20.2 Å². The summed E-state index contributed by atoms with van der Waals surface area (Å²) in [7, 11) is 0. The van der Waals surface area contributed by atoms with Gasteiger partial charge in [-0.05, 0) is 24.1 Å². The molecule has 0 radical (unpaired) electrons. The SMILES string of the molecule is CCc1ccc(C(=O)NNC(=O)c2cnc3sccn3c2=O)cc1. The number of nitrogens with one attached hydrogen (secondary N) is 2. The van der Waals surface area contributed by atoms with Crippen LogP contribution in [-0.2, 0) is 6.42 Å². The molecule has 2 N–H and O–H groups in total. The Balaban J connectivity index is 1.70. The number of thiazole rings is 1. The summed E-state index contributed by atoms with van der Waals surface area (Å²) in [4.78, 5) is 40.8. The predicted octanol–water partition coefficient (Wildman–Crippen LogP) is 1.39. The fraction of sp³-hybridized carbons (Fsp3) is 0.125. The number of amides is 2. The fourth-order valence-electron chi connectivity index (χ4n) is 2.13. The first-order chi connectivity index (χ1) is 11.6. The van der Waals surface area contributed by atoms with Crippen molar-refractivity contribution in [3.05, 3.63) is 69.1 Å². The summed E-state index contributed by atoms with van der Waals surface area (Å²) < 4.78 is 1.28. The van der Waals surface area contributed by atoms with Gasteiger partial charge in [0.1, 0.15) is 5.56 Å². The molecule has 2 aromatic heterocycles. The number of hydrogen-bond donors (Lipinski definition) is 2. The van der Waals surface area contributed by atoms with Crippen LogP contribution < -0.4 is 16.4 Å². The largest absolute Gasteiger partial charge is 0.276 e. The van der Waals surface area contributed by atoms with Crippen LogP contribution in [0.4, 0.5) is 0 Å². The number of hydrogen-bond acceptors (Lipinski definition) is 5. The first-order valence-corrected chi connectivity index (χ1v) is 8.12. The molecule has 2 amide bonds. The molecule has 0 bridgehead atoms. The van der Waals surface area contributed by atoms with Gasteiger partial charge in [0.15, 0.2) is 4.96 Å². The van der Waals surface area contributed by atoms with Crippen LogP contribution in [-0.4, -0.2) is 21.2 Å². The van der Waals surface area contributed by atoms with Crippen molar-refractivity contribution in [2.24, 2.45) is 0 Å². The summed E-state index contributed by atoms with van der Waals surface area (Å²) in [5.41, 5.74) is 5.42. The highest BCUT2D eigenvalue weighted by Crippen LogP contribution is 2.06. The van der Waals surface area contributed by atoms with E-state index in [1.54, 1.807) is 23.7 Å². The number of benzene rings is 1. The minimum Gasteiger partial charge on any atom is -0.268 e. The topological polar surface area (TPSA) is 92.6 Å². The standard InChI is InChI=1S/C16H14N4O3S/c1-2-10-3-5-11(6-4-10)13(21)18-19-14(22)12-9-17-16-20(15(12)23)7-8-24-16/h3-9H,2H2,1H3,(H,18,21)(H,19,22). The van der Waals surface area contributed by atoms with Crippen LogP contribution in [0.15, 0.2) is 46.8 Å². The Labute approximate surface area is 140 Å². The van der Waals surface area contributed by atoms with Crippen molar-refractivity contribution in [2.75, 3.05) is 0 Å². The van der Waals surface area contributed by atoms with Crippen LogP contribution in [0.2, 0.25) is 0 Å². The Morgan fingerprint density at radius 1 is 1.17 bits per heavy atom. The van der Waals surface area contributed by atoms with E-state index in [0.29, 0.717) is 10.5 Å². The Kier molecular flexibility index (Phi) is 4.39. The molecule has 0 fully saturated rings. The normalized spacial score (nSPS) is 10.5. The maximum absolute atomic E-state index is 12.2. The van der Waals surface area contributed by atoms with Gasteiger partial charge in [-0.2, -0.15) is 0 Å². The molecule has 0 atom stereocenters. The lowest BCUT2D eigenvalue weighted by molar-refractivity contribution is 0.0845. The molecule has 0 aliphatic heterocycles. The maximum atomic E-state index is 12.2. The van der Waals surface area contributed by atoms with E-state index in [9.17, 15) is 14.4 Å². The monoisotopic (exact) mass is 342 g/mol. The summed E-state index contributed by atoms with van der Waals surface area (Å²) in [6, 6.07) is 7.04. The van der Waals surface area contributed by atoms with Crippen LogP contribution in [0, 0.1) is 0 Å². The van der Waals surface area contributed by atoms with Gasteiger partial charge in [0.2, 0.25) is 0 Å². The van der Waals surface area contributed by atoms with Gasteiger partial charge in [0, 0.05) is 23.3 Å². The molecule has 24 heavy (non-hydrogen) atoms. The van der Waals surface area contributed by atoms with E-state index >= 15 is 0 Å². The lowest BCUT2D eigenvalue weighted by atomic mass is 10.1. The van der Waals surface area contributed by atoms with Crippen molar-refractivity contribution in [3.8, 4) is 0 Å². The van der Waals surface area contributed by atoms with Gasteiger partial charge >= 0.3 is 0 Å². The smallest absolute Gasteiger partial charge is 0.268 e. The van der Waals surface area contributed by atoms with E-state index in [1.807, 2.05) is 19.1 Å². The van der Waals surface area contributed by atoms with Crippen LogP contribution in [0.5, 0.6) is 0 Å². The number of carbonyl (C=O) groups is 2. The van der Waals surface area contributed by atoms with E-state index in [0.717, 1.165) is 12.0 Å². The van der Waals surface area contributed by atoms with Gasteiger partial charge in [-0.3, -0.25) is 29.6 Å². The Bertz CT molecular complexity index is 959. The summed E-state index contributed by atoms with van der Waals surface area (Å²) in [5.74, 6) is -1.18. The van der Waals surface area contributed by atoms with Gasteiger partial charge in [0.05, 0.1) is 0 Å². The van der Waals surface area contributed by atoms with Crippen LogP contribution in [0.25, 0.3) is 4.96 Å². The molecule has 1 aromatic carbocycles. The zero-order valence-corrected chi connectivity index (χ0v) is 13.6. The molecule has 122 valence electrons. The van der Waals surface area contributed by atoms with E-state index in [1.165, 1.54) is 21.9 Å². The minimum absolute atomic E-state index is 0.146. The summed E-state index contributed by atoms with van der Waals surface area (Å²) in [6.45, 7) is 2.02. The highest BCUT2D eigenvalue weighted by molar-refractivity contribution is 7.15. The van der Waals surface area contributed by atoms with Crippen LogP contribution in [0.1, 0.15) is 33.2 Å². The van der Waals surface area contributed by atoms with Gasteiger partial charge < -0.3 is 0 Å². The maximum Gasteiger partial charge on any atom is 0.276 e. The molecule has 7 nitrogen and oxygen atoms in total. The zero-order chi connectivity index (χ0) is 17.1. The van der Waals surface area contributed by atoms with Crippen molar-refractivity contribution < 1.29 is 9.59 Å². The fourth-order valence-corrected chi connectivity index (χ4v) is 2.80. The summed E-state index contributed by atoms with van der Waals surface area (Å²) in [6.07, 6.45) is 3.62. The molecule has 2 heterocycles. The van der Waals surface area contributed by atoms with Crippen molar-refractivity contribution >= 4 is 28.1 Å². The second-order valence-electron chi connectivity index (χ2n) is 4.99. The van der Waals surface area contributed by atoms with Gasteiger partial charge in [-0.1, -0.05) is 19.1 Å². The lowest BCUT2D eigenvalue weighted by Crippen LogP contribution is -2.43. The van der Waals surface area contributed by atoms with E-state index in [4.69, 9.17) is 0 Å². The molecule has 0 spiro atoms. The minimum atomic E-state index is -0.716. The number of rotatable bonds is 3. The highest BCUT2D eigenvalue weighted by atomic mass is 32.1. The molecule has 0 aliphatic carbocycles. The third-order valence-corrected chi connectivity index (χ3v) is 4.27. The van der Waals surface area contributed by atoms with Gasteiger partial charge in [0.25, 0.3) is 17.4 Å². The second-order valence-corrected chi connectivity index (χ2v) is 5.86. The highest BCUT2D eigenvalue weighted by Gasteiger charge is 2.15. The van der Waals surface area contributed by atoms with E-state index < -0.39 is 17.4 Å². The van der Waals surface area contributed by atoms with Crippen molar-refractivity contribution in [3.63, 3.8) is 0 Å². The predicted molar refractivity (Wildman–Crippen MR) is 90.1 cm³/mol. The average molecular weight is 342 g/mol. The van der Waals surface area contributed by atoms with E-state index in [2.05, 4.69) is 15.8 Å². The average Bonchev–Trinajstić information content (AvgIpc) is 3.09. The Morgan fingerprint density at radius 2 is 1.88 bits per heavy atom. The first-order valence-electron chi connectivity index (χ1n) is 7.24. The molecule has 0 aliphatic rings. The summed E-state index contributed by atoms with van der Waals surface area (Å²) >= 11 is 1.29. The van der Waals surface area contributed by atoms with Gasteiger partial charge in [-0.25, -0.2) is 4.98 Å². The Morgan fingerprint density at radius 3 is 2.58 bits per heavy atom. The molecule has 8 heteroatoms. The first kappa shape index (κ1) is 15.9. The third kappa shape index (κ3) is 3.04. The van der Waals surface area contributed by atoms with Crippen molar-refractivity contribution in [1.29, 1.82) is 0 Å². The molecule has 0 unspecified atom stereocenters. The second kappa shape index (κ2) is 6.63. The summed E-state index contributed by atoms with van der Waals surface area (Å²) in [5, 5.41) is 1.70. The molecule has 0 saturated carbocycles. The van der Waals surface area contributed by atoms with Gasteiger partial charge in [-0.15, -0.1) is 11.3 Å². The number of aryl methyl sites for hydroxylation is 1. The molecular weight excluding hydrogens is 328 g/mol. The molecular formula is C16H14N4O3S. The molecule has 3 rings (SSSR count).